The van der Waals surface area contributed by atoms with Crippen molar-refractivity contribution in [2.24, 2.45) is 0 Å². The molecular formula is C16H18N4O. The summed E-state index contributed by atoms with van der Waals surface area (Å²) in [5, 5.41) is 11.1. The van der Waals surface area contributed by atoms with Gasteiger partial charge < -0.3 is 11.1 Å². The predicted molar refractivity (Wildman–Crippen MR) is 84.2 cm³/mol. The van der Waals surface area contributed by atoms with Crippen LogP contribution in [0, 0.1) is 0 Å². The van der Waals surface area contributed by atoms with E-state index in [1.165, 1.54) is 5.56 Å². The molecule has 21 heavy (non-hydrogen) atoms. The van der Waals surface area contributed by atoms with Gasteiger partial charge in [-0.2, -0.15) is 0 Å². The van der Waals surface area contributed by atoms with E-state index in [1.807, 2.05) is 18.2 Å². The first-order valence-electron chi connectivity index (χ1n) is 7.05. The van der Waals surface area contributed by atoms with Crippen LogP contribution in [0.3, 0.4) is 0 Å². The zero-order valence-corrected chi connectivity index (χ0v) is 11.9. The Morgan fingerprint density at radius 3 is 2.67 bits per heavy atom. The highest BCUT2D eigenvalue weighted by molar-refractivity contribution is 5.94. The fourth-order valence-electron chi connectivity index (χ4n) is 2.40. The molecule has 3 rings (SSSR count). The molecule has 0 saturated carbocycles. The maximum atomic E-state index is 5.83. The Labute approximate surface area is 123 Å². The molecule has 1 heterocycles. The van der Waals surface area contributed by atoms with Gasteiger partial charge in [0.05, 0.1) is 11.4 Å². The number of aromatic nitrogens is 2. The maximum absolute atomic E-state index is 5.83. The number of benzene rings is 2. The van der Waals surface area contributed by atoms with Crippen molar-refractivity contribution < 1.29 is 4.63 Å². The lowest BCUT2D eigenvalue weighted by atomic mass is 9.98. The molecule has 3 N–H and O–H groups in total. The number of fused-ring (bicyclic) bond motifs is 1. The van der Waals surface area contributed by atoms with Crippen molar-refractivity contribution in [2.45, 2.75) is 19.3 Å². The van der Waals surface area contributed by atoms with Gasteiger partial charge in [0.2, 0.25) is 0 Å². The van der Waals surface area contributed by atoms with Gasteiger partial charge in [0.15, 0.2) is 11.0 Å². The molecular weight excluding hydrogens is 264 g/mol. The monoisotopic (exact) mass is 282 g/mol. The second kappa shape index (κ2) is 5.83. The van der Waals surface area contributed by atoms with Gasteiger partial charge in [-0.25, -0.2) is 4.63 Å². The molecule has 1 unspecified atom stereocenters. The van der Waals surface area contributed by atoms with Crippen LogP contribution in [0.25, 0.3) is 11.0 Å². The van der Waals surface area contributed by atoms with E-state index in [1.54, 1.807) is 0 Å². The van der Waals surface area contributed by atoms with Crippen molar-refractivity contribution in [2.75, 3.05) is 17.6 Å². The average Bonchev–Trinajstić information content (AvgIpc) is 3.01. The first-order valence-corrected chi connectivity index (χ1v) is 7.05. The number of rotatable bonds is 5. The van der Waals surface area contributed by atoms with Gasteiger partial charge in [0, 0.05) is 6.54 Å². The summed E-state index contributed by atoms with van der Waals surface area (Å²) in [6.07, 6.45) is 1.03. The van der Waals surface area contributed by atoms with Gasteiger partial charge in [-0.3, -0.25) is 0 Å². The summed E-state index contributed by atoms with van der Waals surface area (Å²) in [5.41, 5.74) is 9.96. The van der Waals surface area contributed by atoms with E-state index in [0.29, 0.717) is 22.6 Å². The Balaban J connectivity index is 1.65. The van der Waals surface area contributed by atoms with Crippen molar-refractivity contribution in [1.82, 2.24) is 10.3 Å². The molecule has 0 aliphatic rings. The highest BCUT2D eigenvalue weighted by atomic mass is 16.6. The number of hydrogen-bond acceptors (Lipinski definition) is 5. The lowest BCUT2D eigenvalue weighted by Crippen LogP contribution is -2.06. The van der Waals surface area contributed by atoms with E-state index in [2.05, 4.69) is 46.8 Å². The number of anilines is 2. The Morgan fingerprint density at radius 2 is 1.86 bits per heavy atom. The largest absolute Gasteiger partial charge is 0.397 e. The second-order valence-electron chi connectivity index (χ2n) is 5.19. The molecule has 5 nitrogen and oxygen atoms in total. The lowest BCUT2D eigenvalue weighted by molar-refractivity contribution is 0.316. The zero-order chi connectivity index (χ0) is 14.7. The van der Waals surface area contributed by atoms with Crippen LogP contribution in [0.1, 0.15) is 24.8 Å². The Bertz CT molecular complexity index is 723. The van der Waals surface area contributed by atoms with Gasteiger partial charge in [-0.15, -0.1) is 0 Å². The summed E-state index contributed by atoms with van der Waals surface area (Å²) < 4.78 is 4.76. The SMILES string of the molecule is CC(CCNc1ccc(N)c2nonc12)c1ccccc1. The van der Waals surface area contributed by atoms with E-state index < -0.39 is 0 Å². The molecule has 0 fully saturated rings. The number of nitrogen functional groups attached to an aromatic ring is 1. The van der Waals surface area contributed by atoms with Crippen LogP contribution in [0.4, 0.5) is 11.4 Å². The van der Waals surface area contributed by atoms with Crippen LogP contribution in [-0.4, -0.2) is 16.9 Å². The first-order chi connectivity index (χ1) is 10.3. The molecule has 0 spiro atoms. The van der Waals surface area contributed by atoms with Crippen LogP contribution in [-0.2, 0) is 0 Å². The molecule has 0 bridgehead atoms. The molecule has 0 radical (unpaired) electrons. The highest BCUT2D eigenvalue weighted by Crippen LogP contribution is 2.25. The molecule has 1 aromatic heterocycles. The number of nitrogens with zero attached hydrogens (tertiary/aromatic N) is 2. The molecule has 0 saturated heterocycles. The number of nitrogens with one attached hydrogen (secondary N) is 1. The van der Waals surface area contributed by atoms with Crippen LogP contribution in [0.15, 0.2) is 47.1 Å². The van der Waals surface area contributed by atoms with Gasteiger partial charge in [0.1, 0.15) is 0 Å². The predicted octanol–water partition coefficient (Wildman–Crippen LogP) is 3.41. The zero-order valence-electron chi connectivity index (χ0n) is 11.9. The summed E-state index contributed by atoms with van der Waals surface area (Å²) in [5.74, 6) is 0.499. The quantitative estimate of drug-likeness (QED) is 0.701. The topological polar surface area (TPSA) is 77.0 Å². The van der Waals surface area contributed by atoms with Crippen molar-refractivity contribution in [3.8, 4) is 0 Å². The van der Waals surface area contributed by atoms with Gasteiger partial charge in [-0.1, -0.05) is 37.3 Å². The van der Waals surface area contributed by atoms with E-state index >= 15 is 0 Å². The Kier molecular flexibility index (Phi) is 3.73. The minimum absolute atomic E-state index is 0.499. The van der Waals surface area contributed by atoms with E-state index in [-0.39, 0.29) is 0 Å². The van der Waals surface area contributed by atoms with E-state index in [9.17, 15) is 0 Å². The minimum atomic E-state index is 0.499. The summed E-state index contributed by atoms with van der Waals surface area (Å²) in [6.45, 7) is 3.08. The fraction of sp³-hybridized carbons (Fsp3) is 0.250. The first kappa shape index (κ1) is 13.4. The van der Waals surface area contributed by atoms with Crippen molar-refractivity contribution in [1.29, 1.82) is 0 Å². The summed E-state index contributed by atoms with van der Waals surface area (Å²) in [7, 11) is 0. The third-order valence-corrected chi connectivity index (χ3v) is 3.71. The standard InChI is InChI=1S/C16H18N4O/c1-11(12-5-3-2-4-6-12)9-10-18-14-8-7-13(17)15-16(14)20-21-19-15/h2-8,11,18H,9-10,17H2,1H3. The van der Waals surface area contributed by atoms with Gasteiger partial charge >= 0.3 is 0 Å². The fourth-order valence-corrected chi connectivity index (χ4v) is 2.40. The number of hydrogen-bond donors (Lipinski definition) is 2. The second-order valence-corrected chi connectivity index (χ2v) is 5.19. The molecule has 0 aliphatic heterocycles. The average molecular weight is 282 g/mol. The third kappa shape index (κ3) is 2.81. The molecule has 108 valence electrons. The van der Waals surface area contributed by atoms with Crippen LogP contribution >= 0.6 is 0 Å². The summed E-state index contributed by atoms with van der Waals surface area (Å²) in [4.78, 5) is 0. The van der Waals surface area contributed by atoms with Crippen LogP contribution < -0.4 is 11.1 Å². The minimum Gasteiger partial charge on any atom is -0.397 e. The molecule has 2 aromatic carbocycles. The lowest BCUT2D eigenvalue weighted by Gasteiger charge is -2.13. The van der Waals surface area contributed by atoms with Crippen molar-refractivity contribution in [3.63, 3.8) is 0 Å². The third-order valence-electron chi connectivity index (χ3n) is 3.71. The summed E-state index contributed by atoms with van der Waals surface area (Å²) >= 11 is 0. The molecule has 0 aliphatic carbocycles. The molecule has 1 atom stereocenters. The Morgan fingerprint density at radius 1 is 1.10 bits per heavy atom. The smallest absolute Gasteiger partial charge is 0.160 e. The highest BCUT2D eigenvalue weighted by Gasteiger charge is 2.10. The van der Waals surface area contributed by atoms with Gasteiger partial charge in [0.25, 0.3) is 0 Å². The summed E-state index contributed by atoms with van der Waals surface area (Å²) in [6, 6.07) is 14.2. The van der Waals surface area contributed by atoms with E-state index in [0.717, 1.165) is 18.7 Å². The van der Waals surface area contributed by atoms with E-state index in [4.69, 9.17) is 10.4 Å². The normalized spacial score (nSPS) is 12.4. The number of nitrogens with two attached hydrogens (primary N) is 1. The van der Waals surface area contributed by atoms with Crippen LogP contribution in [0.2, 0.25) is 0 Å². The van der Waals surface area contributed by atoms with Crippen molar-refractivity contribution in [3.05, 3.63) is 48.0 Å². The maximum Gasteiger partial charge on any atom is 0.160 e. The van der Waals surface area contributed by atoms with Gasteiger partial charge in [-0.05, 0) is 40.3 Å². The Hall–Kier alpha value is -2.56. The van der Waals surface area contributed by atoms with Crippen molar-refractivity contribution >= 4 is 22.4 Å². The molecule has 3 aromatic rings. The molecule has 5 heteroatoms. The molecule has 0 amide bonds. The van der Waals surface area contributed by atoms with Crippen LogP contribution in [0.5, 0.6) is 0 Å².